The summed E-state index contributed by atoms with van der Waals surface area (Å²) in [5, 5.41) is 9.72. The molecular formula is C13H14ClF3N2O3. The number of nitrogen functional groups attached to an aromatic ring is 1. The van der Waals surface area contributed by atoms with Crippen LogP contribution in [0.1, 0.15) is 16.8 Å². The van der Waals surface area contributed by atoms with Gasteiger partial charge in [0.1, 0.15) is 5.75 Å². The molecule has 1 atom stereocenters. The first-order valence-corrected chi connectivity index (χ1v) is 6.68. The molecule has 0 aliphatic carbocycles. The molecule has 0 saturated carbocycles. The molecule has 0 aromatic heterocycles. The Morgan fingerprint density at radius 3 is 2.64 bits per heavy atom. The van der Waals surface area contributed by atoms with Gasteiger partial charge in [-0.15, -0.1) is 0 Å². The van der Waals surface area contributed by atoms with Gasteiger partial charge in [0.2, 0.25) is 0 Å². The van der Waals surface area contributed by atoms with Gasteiger partial charge in [-0.3, -0.25) is 4.79 Å². The largest absolute Gasteiger partial charge is 0.496 e. The average Bonchev–Trinajstić information content (AvgIpc) is 2.84. The second kappa shape index (κ2) is 5.51. The van der Waals surface area contributed by atoms with E-state index < -0.39 is 30.7 Å². The van der Waals surface area contributed by atoms with Crippen LogP contribution in [0.2, 0.25) is 5.02 Å². The van der Waals surface area contributed by atoms with Crippen LogP contribution in [0.4, 0.5) is 18.9 Å². The quantitative estimate of drug-likeness (QED) is 0.809. The van der Waals surface area contributed by atoms with Crippen molar-refractivity contribution >= 4 is 23.2 Å². The fourth-order valence-electron chi connectivity index (χ4n) is 2.27. The molecule has 122 valence electrons. The Balaban J connectivity index is 2.29. The number of methoxy groups -OCH3 is 1. The van der Waals surface area contributed by atoms with Gasteiger partial charge in [0.25, 0.3) is 5.91 Å². The smallest absolute Gasteiger partial charge is 0.419 e. The minimum absolute atomic E-state index is 0.00637. The van der Waals surface area contributed by atoms with Crippen molar-refractivity contribution in [3.63, 3.8) is 0 Å². The topological polar surface area (TPSA) is 75.8 Å². The van der Waals surface area contributed by atoms with E-state index in [2.05, 4.69) is 0 Å². The molecule has 2 rings (SSSR count). The fourth-order valence-corrected chi connectivity index (χ4v) is 2.44. The molecule has 1 aliphatic heterocycles. The van der Waals surface area contributed by atoms with Gasteiger partial charge >= 0.3 is 6.18 Å². The molecule has 0 spiro atoms. The number of hydrogen-bond acceptors (Lipinski definition) is 4. The van der Waals surface area contributed by atoms with E-state index in [1.807, 2.05) is 0 Å². The third-order valence-electron chi connectivity index (χ3n) is 3.61. The van der Waals surface area contributed by atoms with Crippen LogP contribution in [-0.2, 0) is 0 Å². The van der Waals surface area contributed by atoms with Gasteiger partial charge in [0.15, 0.2) is 5.60 Å². The number of halogens is 4. The van der Waals surface area contributed by atoms with Crippen LogP contribution in [0.5, 0.6) is 5.75 Å². The lowest BCUT2D eigenvalue weighted by Gasteiger charge is -2.26. The van der Waals surface area contributed by atoms with Crippen LogP contribution >= 0.6 is 11.6 Å². The number of benzene rings is 1. The monoisotopic (exact) mass is 338 g/mol. The van der Waals surface area contributed by atoms with Crippen molar-refractivity contribution in [1.82, 2.24) is 4.90 Å². The van der Waals surface area contributed by atoms with E-state index in [-0.39, 0.29) is 28.6 Å². The van der Waals surface area contributed by atoms with Crippen LogP contribution < -0.4 is 10.5 Å². The summed E-state index contributed by atoms with van der Waals surface area (Å²) in [6.45, 7) is -1.06. The Bertz CT molecular complexity index is 609. The number of alkyl halides is 3. The Morgan fingerprint density at radius 2 is 2.14 bits per heavy atom. The Labute approximate surface area is 129 Å². The number of likely N-dealkylation sites (tertiary alicyclic amines) is 1. The highest BCUT2D eigenvalue weighted by atomic mass is 35.5. The third kappa shape index (κ3) is 2.80. The van der Waals surface area contributed by atoms with Gasteiger partial charge in [-0.05, 0) is 6.07 Å². The zero-order valence-corrected chi connectivity index (χ0v) is 12.3. The van der Waals surface area contributed by atoms with Crippen LogP contribution in [-0.4, -0.2) is 47.9 Å². The van der Waals surface area contributed by atoms with Crippen molar-refractivity contribution in [1.29, 1.82) is 0 Å². The number of carbonyl (C=O) groups excluding carboxylic acids is 1. The fraction of sp³-hybridized carbons (Fsp3) is 0.462. The number of carbonyl (C=O) groups is 1. The molecule has 1 heterocycles. The standard InChI is InChI=1S/C13H14ClF3N2O3/c1-22-10-5-9(18)8(14)4-7(10)11(20)19-3-2-12(21,6-19)13(15,16)17/h4-5,21H,2-3,6,18H2,1H3. The first-order chi connectivity index (χ1) is 10.1. The summed E-state index contributed by atoms with van der Waals surface area (Å²) in [4.78, 5) is 13.3. The summed E-state index contributed by atoms with van der Waals surface area (Å²) in [5.74, 6) is -0.603. The molecule has 22 heavy (non-hydrogen) atoms. The van der Waals surface area contributed by atoms with Crippen LogP contribution in [0.25, 0.3) is 0 Å². The molecule has 1 aliphatic rings. The molecule has 5 nitrogen and oxygen atoms in total. The number of hydrogen-bond donors (Lipinski definition) is 2. The van der Waals surface area contributed by atoms with E-state index in [1.54, 1.807) is 0 Å². The number of aliphatic hydroxyl groups is 1. The van der Waals surface area contributed by atoms with Crippen molar-refractivity contribution in [2.75, 3.05) is 25.9 Å². The normalized spacial score (nSPS) is 22.0. The van der Waals surface area contributed by atoms with Crippen molar-refractivity contribution < 1.29 is 27.8 Å². The molecule has 0 bridgehead atoms. The lowest BCUT2D eigenvalue weighted by atomic mass is 10.0. The maximum Gasteiger partial charge on any atom is 0.419 e. The number of rotatable bonds is 2. The average molecular weight is 339 g/mol. The van der Waals surface area contributed by atoms with Gasteiger partial charge in [0, 0.05) is 19.0 Å². The highest BCUT2D eigenvalue weighted by molar-refractivity contribution is 6.33. The third-order valence-corrected chi connectivity index (χ3v) is 3.94. The van der Waals surface area contributed by atoms with Crippen molar-refractivity contribution in [3.05, 3.63) is 22.7 Å². The maximum absolute atomic E-state index is 12.8. The lowest BCUT2D eigenvalue weighted by molar-refractivity contribution is -0.253. The number of anilines is 1. The molecular weight excluding hydrogens is 325 g/mol. The molecule has 1 unspecified atom stereocenters. The Kier molecular flexibility index (Phi) is 4.18. The lowest BCUT2D eigenvalue weighted by Crippen LogP contribution is -2.48. The summed E-state index contributed by atoms with van der Waals surface area (Å²) < 4.78 is 43.4. The minimum atomic E-state index is -4.80. The summed E-state index contributed by atoms with van der Waals surface area (Å²) in [7, 11) is 1.30. The van der Waals surface area contributed by atoms with E-state index in [0.717, 1.165) is 4.90 Å². The highest BCUT2D eigenvalue weighted by Gasteiger charge is 2.57. The number of ether oxygens (including phenoxy) is 1. The molecule has 1 saturated heterocycles. The molecule has 1 amide bonds. The summed E-state index contributed by atoms with van der Waals surface area (Å²) in [6, 6.07) is 2.56. The van der Waals surface area contributed by atoms with Gasteiger partial charge in [-0.1, -0.05) is 11.6 Å². The Morgan fingerprint density at radius 1 is 1.50 bits per heavy atom. The van der Waals surface area contributed by atoms with Gasteiger partial charge in [-0.25, -0.2) is 0 Å². The molecule has 1 fully saturated rings. The first kappa shape index (κ1) is 16.7. The van der Waals surface area contributed by atoms with Gasteiger partial charge in [0.05, 0.1) is 29.9 Å². The first-order valence-electron chi connectivity index (χ1n) is 6.30. The SMILES string of the molecule is COc1cc(N)c(Cl)cc1C(=O)N1CCC(O)(C(F)(F)F)C1. The zero-order chi connectivity index (χ0) is 16.7. The van der Waals surface area contributed by atoms with E-state index in [4.69, 9.17) is 22.1 Å². The molecule has 1 aromatic carbocycles. The number of β-amino-alcohol motifs (C(OH)–C–C–N with tert-alkyl or cyclic N) is 1. The number of nitrogens with two attached hydrogens (primary N) is 1. The van der Waals surface area contributed by atoms with E-state index in [9.17, 15) is 23.1 Å². The summed E-state index contributed by atoms with van der Waals surface area (Å²) >= 11 is 5.84. The molecule has 0 radical (unpaired) electrons. The van der Waals surface area contributed by atoms with Gasteiger partial charge in [-0.2, -0.15) is 13.2 Å². The second-order valence-corrected chi connectivity index (χ2v) is 5.49. The van der Waals surface area contributed by atoms with Gasteiger partial charge < -0.3 is 20.5 Å². The van der Waals surface area contributed by atoms with Crippen LogP contribution in [0.3, 0.4) is 0 Å². The minimum Gasteiger partial charge on any atom is -0.496 e. The van der Waals surface area contributed by atoms with Crippen LogP contribution in [0.15, 0.2) is 12.1 Å². The van der Waals surface area contributed by atoms with Crippen LogP contribution in [0, 0.1) is 0 Å². The maximum atomic E-state index is 12.8. The van der Waals surface area contributed by atoms with Crippen molar-refractivity contribution in [2.24, 2.45) is 0 Å². The predicted molar refractivity (Wildman–Crippen MR) is 73.9 cm³/mol. The predicted octanol–water partition coefficient (Wildman–Crippen LogP) is 2.07. The summed E-state index contributed by atoms with van der Waals surface area (Å²) in [6.07, 6.45) is -5.38. The Hall–Kier alpha value is -1.67. The number of nitrogens with zero attached hydrogens (tertiary/aromatic N) is 1. The van der Waals surface area contributed by atoms with Crippen molar-refractivity contribution in [3.8, 4) is 5.75 Å². The van der Waals surface area contributed by atoms with E-state index in [1.165, 1.54) is 19.2 Å². The van der Waals surface area contributed by atoms with E-state index in [0.29, 0.717) is 0 Å². The summed E-state index contributed by atoms with van der Waals surface area (Å²) in [5.41, 5.74) is 2.88. The molecule has 1 aromatic rings. The molecule has 3 N–H and O–H groups in total. The highest BCUT2D eigenvalue weighted by Crippen LogP contribution is 2.39. The number of amides is 1. The van der Waals surface area contributed by atoms with E-state index >= 15 is 0 Å². The molecule has 9 heteroatoms. The zero-order valence-electron chi connectivity index (χ0n) is 11.6. The van der Waals surface area contributed by atoms with Crippen molar-refractivity contribution in [2.45, 2.75) is 18.2 Å². The second-order valence-electron chi connectivity index (χ2n) is 5.08.